The van der Waals surface area contributed by atoms with E-state index in [-0.39, 0.29) is 16.9 Å². The van der Waals surface area contributed by atoms with Crippen LogP contribution in [0.1, 0.15) is 52.7 Å². The molecule has 0 amide bonds. The van der Waals surface area contributed by atoms with Gasteiger partial charge in [0.25, 0.3) is 0 Å². The van der Waals surface area contributed by atoms with Crippen LogP contribution in [0, 0.1) is 0 Å². The van der Waals surface area contributed by atoms with Gasteiger partial charge in [-0.1, -0.05) is 90.1 Å². The molecular weight excluding hydrogens is 404 g/mol. The summed E-state index contributed by atoms with van der Waals surface area (Å²) < 4.78 is 0. The molecule has 0 atom stereocenters. The van der Waals surface area contributed by atoms with Crippen LogP contribution in [-0.2, 0) is 5.41 Å². The van der Waals surface area contributed by atoms with Crippen LogP contribution >= 0.6 is 0 Å². The molecule has 0 fully saturated rings. The first-order chi connectivity index (χ1) is 15.9. The second-order valence-corrected chi connectivity index (χ2v) is 8.24. The fourth-order valence-corrected chi connectivity index (χ4v) is 4.44. The van der Waals surface area contributed by atoms with Crippen LogP contribution in [-0.4, -0.2) is 10.2 Å². The summed E-state index contributed by atoms with van der Waals surface area (Å²) >= 11 is 0. The number of aromatic hydroxyl groups is 2. The summed E-state index contributed by atoms with van der Waals surface area (Å²) in [5.74, 6) is 0.555. The molecule has 0 bridgehead atoms. The highest BCUT2D eigenvalue weighted by atomic mass is 16.3. The van der Waals surface area contributed by atoms with Crippen LogP contribution in [0.2, 0.25) is 0 Å². The van der Waals surface area contributed by atoms with Crippen molar-refractivity contribution < 1.29 is 10.2 Å². The Morgan fingerprint density at radius 1 is 0.455 bits per heavy atom. The van der Waals surface area contributed by atoms with Gasteiger partial charge in [-0.3, -0.25) is 0 Å². The fourth-order valence-electron chi connectivity index (χ4n) is 4.44. The number of rotatable bonds is 2. The molecule has 0 saturated heterocycles. The van der Waals surface area contributed by atoms with Gasteiger partial charge in [-0.15, -0.1) is 0 Å². The minimum Gasteiger partial charge on any atom is -0.508 e. The van der Waals surface area contributed by atoms with Gasteiger partial charge in [-0.05, 0) is 80.9 Å². The van der Waals surface area contributed by atoms with Crippen molar-refractivity contribution in [3.05, 3.63) is 96.1 Å². The molecule has 1 aliphatic carbocycles. The molecule has 5 rings (SSSR count). The summed E-state index contributed by atoms with van der Waals surface area (Å²) in [6.45, 7) is 12.6. The Balaban J connectivity index is 0.000000728. The Labute approximate surface area is 198 Å². The highest BCUT2D eigenvalue weighted by molar-refractivity contribution is 5.87. The monoisotopic (exact) mass is 438 g/mol. The van der Waals surface area contributed by atoms with E-state index in [1.807, 2.05) is 52.0 Å². The minimum absolute atomic E-state index is 0.0500. The topological polar surface area (TPSA) is 40.5 Å². The van der Waals surface area contributed by atoms with E-state index in [4.69, 9.17) is 0 Å². The largest absolute Gasteiger partial charge is 0.508 e. The molecular formula is C31H34O2. The second-order valence-electron chi connectivity index (χ2n) is 8.24. The maximum absolute atomic E-state index is 9.60. The van der Waals surface area contributed by atoms with E-state index in [1.165, 1.54) is 22.3 Å². The molecule has 0 aromatic heterocycles. The van der Waals surface area contributed by atoms with Gasteiger partial charge in [0, 0.05) is 5.41 Å². The van der Waals surface area contributed by atoms with Crippen molar-refractivity contribution in [3.8, 4) is 44.9 Å². The fraction of sp³-hybridized carbons (Fsp3) is 0.226. The first-order valence-electron chi connectivity index (χ1n) is 11.8. The van der Waals surface area contributed by atoms with Gasteiger partial charge in [0.1, 0.15) is 11.5 Å². The summed E-state index contributed by atoms with van der Waals surface area (Å²) in [5.41, 5.74) is 9.59. The van der Waals surface area contributed by atoms with E-state index >= 15 is 0 Å². The van der Waals surface area contributed by atoms with Crippen LogP contribution in [0.15, 0.2) is 84.9 Å². The van der Waals surface area contributed by atoms with Gasteiger partial charge < -0.3 is 10.2 Å². The Kier molecular flexibility index (Phi) is 7.28. The van der Waals surface area contributed by atoms with Crippen molar-refractivity contribution in [2.75, 3.05) is 0 Å². The SMILES string of the molecule is CC.CC.CC1(C)c2ccc(-c3ccc(O)cc3)cc2-c2cc(-c3ccc(O)cc3)ccc21. The summed E-state index contributed by atoms with van der Waals surface area (Å²) in [7, 11) is 0. The van der Waals surface area contributed by atoms with Crippen LogP contribution in [0.25, 0.3) is 33.4 Å². The number of hydrogen-bond donors (Lipinski definition) is 2. The molecule has 0 unspecified atom stereocenters. The molecule has 0 aliphatic heterocycles. The molecule has 4 aromatic rings. The standard InChI is InChI=1S/C27H22O2.2C2H6/c1-27(2)25-13-7-19(17-3-9-21(28)10-4-17)15-23(25)24-16-20(8-14-26(24)27)18-5-11-22(29)12-6-18;2*1-2/h3-16,28-29H,1-2H3;2*1-2H3. The van der Waals surface area contributed by atoms with Crippen molar-refractivity contribution in [3.63, 3.8) is 0 Å². The second kappa shape index (κ2) is 9.95. The zero-order valence-electron chi connectivity index (χ0n) is 20.5. The third-order valence-corrected chi connectivity index (χ3v) is 6.08. The molecule has 0 saturated carbocycles. The number of phenols is 2. The third-order valence-electron chi connectivity index (χ3n) is 6.08. The maximum atomic E-state index is 9.60. The van der Waals surface area contributed by atoms with Crippen molar-refractivity contribution in [2.45, 2.75) is 47.0 Å². The molecule has 170 valence electrons. The van der Waals surface area contributed by atoms with E-state index in [1.54, 1.807) is 24.3 Å². The Morgan fingerprint density at radius 2 is 0.758 bits per heavy atom. The quantitative estimate of drug-likeness (QED) is 0.328. The average molecular weight is 439 g/mol. The van der Waals surface area contributed by atoms with Crippen molar-refractivity contribution in [1.82, 2.24) is 0 Å². The lowest BCUT2D eigenvalue weighted by Crippen LogP contribution is -2.14. The summed E-state index contributed by atoms with van der Waals surface area (Å²) in [4.78, 5) is 0. The van der Waals surface area contributed by atoms with Gasteiger partial charge in [0.05, 0.1) is 0 Å². The van der Waals surface area contributed by atoms with Crippen LogP contribution in [0.5, 0.6) is 11.5 Å². The summed E-state index contributed by atoms with van der Waals surface area (Å²) in [5, 5.41) is 19.2. The first kappa shape index (κ1) is 24.1. The predicted octanol–water partition coefficient (Wildman–Crippen LogP) is 8.79. The highest BCUT2D eigenvalue weighted by Crippen LogP contribution is 2.50. The van der Waals surface area contributed by atoms with E-state index in [0.29, 0.717) is 0 Å². The molecule has 0 radical (unpaired) electrons. The number of hydrogen-bond acceptors (Lipinski definition) is 2. The minimum atomic E-state index is -0.0500. The lowest BCUT2D eigenvalue weighted by Gasteiger charge is -2.21. The number of fused-ring (bicyclic) bond motifs is 3. The molecule has 33 heavy (non-hydrogen) atoms. The van der Waals surface area contributed by atoms with E-state index < -0.39 is 0 Å². The highest BCUT2D eigenvalue weighted by Gasteiger charge is 2.35. The van der Waals surface area contributed by atoms with E-state index in [2.05, 4.69) is 50.2 Å². The van der Waals surface area contributed by atoms with Gasteiger partial charge >= 0.3 is 0 Å². The van der Waals surface area contributed by atoms with Crippen LogP contribution in [0.4, 0.5) is 0 Å². The first-order valence-corrected chi connectivity index (χ1v) is 11.8. The van der Waals surface area contributed by atoms with E-state index in [0.717, 1.165) is 22.3 Å². The lowest BCUT2D eigenvalue weighted by atomic mass is 9.82. The normalized spacial score (nSPS) is 12.4. The molecule has 4 aromatic carbocycles. The zero-order chi connectivity index (χ0) is 24.2. The number of benzene rings is 4. The molecule has 2 N–H and O–H groups in total. The lowest BCUT2D eigenvalue weighted by molar-refractivity contribution is 0.475. The van der Waals surface area contributed by atoms with Gasteiger partial charge in [-0.25, -0.2) is 0 Å². The molecule has 2 nitrogen and oxygen atoms in total. The van der Waals surface area contributed by atoms with E-state index in [9.17, 15) is 10.2 Å². The van der Waals surface area contributed by atoms with Crippen molar-refractivity contribution in [1.29, 1.82) is 0 Å². The summed E-state index contributed by atoms with van der Waals surface area (Å²) in [6.07, 6.45) is 0. The maximum Gasteiger partial charge on any atom is 0.115 e. The zero-order valence-corrected chi connectivity index (χ0v) is 20.5. The Morgan fingerprint density at radius 3 is 1.09 bits per heavy atom. The predicted molar refractivity (Wildman–Crippen MR) is 141 cm³/mol. The van der Waals surface area contributed by atoms with Crippen molar-refractivity contribution in [2.24, 2.45) is 0 Å². The molecule has 0 heterocycles. The van der Waals surface area contributed by atoms with Gasteiger partial charge in [0.2, 0.25) is 0 Å². The third kappa shape index (κ3) is 4.52. The van der Waals surface area contributed by atoms with Gasteiger partial charge in [0.15, 0.2) is 0 Å². The smallest absolute Gasteiger partial charge is 0.115 e. The van der Waals surface area contributed by atoms with Crippen LogP contribution < -0.4 is 0 Å². The van der Waals surface area contributed by atoms with Gasteiger partial charge in [-0.2, -0.15) is 0 Å². The number of phenolic OH excluding ortho intramolecular Hbond substituents is 2. The van der Waals surface area contributed by atoms with Crippen LogP contribution in [0.3, 0.4) is 0 Å². The Hall–Kier alpha value is -3.52. The molecule has 1 aliphatic rings. The Bertz CT molecular complexity index is 1120. The van der Waals surface area contributed by atoms with Crippen molar-refractivity contribution >= 4 is 0 Å². The molecule has 2 heteroatoms. The molecule has 0 spiro atoms. The summed E-state index contributed by atoms with van der Waals surface area (Å²) in [6, 6.07) is 28.0. The average Bonchev–Trinajstić information content (AvgIpc) is 3.08.